The van der Waals surface area contributed by atoms with Crippen LogP contribution in [-0.4, -0.2) is 5.91 Å². The molecule has 0 radical (unpaired) electrons. The Morgan fingerprint density at radius 1 is 0.667 bits per heavy atom. The normalized spacial score (nSPS) is 20.3. The van der Waals surface area contributed by atoms with Gasteiger partial charge in [-0.1, -0.05) is 78.9 Å². The molecule has 2 atom stereocenters. The number of hydrogen-bond acceptors (Lipinski definition) is 1. The van der Waals surface area contributed by atoms with E-state index >= 15 is 0 Å². The largest absolute Gasteiger partial charge is 0.304 e. The van der Waals surface area contributed by atoms with Gasteiger partial charge in [-0.05, 0) is 23.3 Å². The first-order chi connectivity index (χ1) is 11.8. The van der Waals surface area contributed by atoms with Crippen LogP contribution in [0.3, 0.4) is 0 Å². The zero-order valence-electron chi connectivity index (χ0n) is 13.4. The van der Waals surface area contributed by atoms with E-state index in [1.807, 2.05) is 71.6 Å². The maximum atomic E-state index is 12.9. The molecule has 118 valence electrons. The maximum Gasteiger partial charge on any atom is 0.228 e. The van der Waals surface area contributed by atoms with Gasteiger partial charge in [0.1, 0.15) is 0 Å². The smallest absolute Gasteiger partial charge is 0.228 e. The van der Waals surface area contributed by atoms with Gasteiger partial charge in [-0.2, -0.15) is 0 Å². The van der Waals surface area contributed by atoms with Crippen molar-refractivity contribution in [2.45, 2.75) is 18.4 Å². The average Bonchev–Trinajstić information content (AvgIpc) is 3.01. The van der Waals surface area contributed by atoms with E-state index in [4.69, 9.17) is 0 Å². The molecule has 1 aliphatic heterocycles. The highest BCUT2D eigenvalue weighted by atomic mass is 16.2. The first-order valence-electron chi connectivity index (χ1n) is 8.31. The highest BCUT2D eigenvalue weighted by molar-refractivity contribution is 5.97. The number of carbonyl (C=O) groups excluding carboxylic acids is 1. The summed E-state index contributed by atoms with van der Waals surface area (Å²) < 4.78 is 0. The molecule has 0 N–H and O–H groups in total. The first kappa shape index (κ1) is 14.7. The van der Waals surface area contributed by atoms with E-state index < -0.39 is 0 Å². The van der Waals surface area contributed by atoms with Crippen LogP contribution in [0.5, 0.6) is 0 Å². The van der Waals surface area contributed by atoms with E-state index in [0.29, 0.717) is 6.42 Å². The molecule has 1 fully saturated rings. The molecule has 0 aromatic heterocycles. The van der Waals surface area contributed by atoms with Gasteiger partial charge in [-0.15, -0.1) is 0 Å². The monoisotopic (exact) mass is 313 g/mol. The summed E-state index contributed by atoms with van der Waals surface area (Å²) in [5.74, 6) is 0.352. The van der Waals surface area contributed by atoms with Crippen LogP contribution in [-0.2, 0) is 4.79 Å². The lowest BCUT2D eigenvalue weighted by molar-refractivity contribution is -0.117. The molecule has 2 heteroatoms. The topological polar surface area (TPSA) is 20.3 Å². The predicted octanol–water partition coefficient (Wildman–Crippen LogP) is 4.95. The van der Waals surface area contributed by atoms with E-state index in [0.717, 1.165) is 5.69 Å². The Morgan fingerprint density at radius 3 is 1.75 bits per heavy atom. The second-order valence-electron chi connectivity index (χ2n) is 6.18. The lowest BCUT2D eigenvalue weighted by atomic mass is 9.87. The van der Waals surface area contributed by atoms with Crippen molar-refractivity contribution in [2.24, 2.45) is 0 Å². The van der Waals surface area contributed by atoms with E-state index in [2.05, 4.69) is 24.3 Å². The lowest BCUT2D eigenvalue weighted by Gasteiger charge is -2.29. The standard InChI is InChI=1S/C22H19NO/c24-21-16-20(17-10-4-1-5-11-17)22(18-12-6-2-7-13-18)23(21)19-14-8-3-9-15-19/h1-15,20,22H,16H2. The molecule has 3 aromatic carbocycles. The molecule has 3 aromatic rings. The summed E-state index contributed by atoms with van der Waals surface area (Å²) in [6.45, 7) is 0. The Kier molecular flexibility index (Phi) is 3.87. The molecule has 1 saturated heterocycles. The first-order valence-corrected chi connectivity index (χ1v) is 8.31. The molecular formula is C22H19NO. The van der Waals surface area contributed by atoms with Gasteiger partial charge in [-0.3, -0.25) is 4.79 Å². The summed E-state index contributed by atoms with van der Waals surface area (Å²) in [5, 5.41) is 0. The fourth-order valence-electron chi connectivity index (χ4n) is 3.66. The van der Waals surface area contributed by atoms with Crippen molar-refractivity contribution >= 4 is 11.6 Å². The van der Waals surface area contributed by atoms with Crippen molar-refractivity contribution in [1.29, 1.82) is 0 Å². The minimum Gasteiger partial charge on any atom is -0.304 e. The van der Waals surface area contributed by atoms with Crippen LogP contribution in [0.15, 0.2) is 91.0 Å². The second-order valence-corrected chi connectivity index (χ2v) is 6.18. The van der Waals surface area contributed by atoms with Crippen LogP contribution < -0.4 is 4.90 Å². The number of hydrogen-bond donors (Lipinski definition) is 0. The van der Waals surface area contributed by atoms with Gasteiger partial charge >= 0.3 is 0 Å². The number of anilines is 1. The Morgan fingerprint density at radius 2 is 1.17 bits per heavy atom. The Labute approximate surface area is 142 Å². The summed E-state index contributed by atoms with van der Waals surface area (Å²) in [4.78, 5) is 14.8. The summed E-state index contributed by atoms with van der Waals surface area (Å²) in [5.41, 5.74) is 3.37. The fourth-order valence-corrected chi connectivity index (χ4v) is 3.66. The van der Waals surface area contributed by atoms with Gasteiger partial charge < -0.3 is 4.90 Å². The number of rotatable bonds is 3. The Hall–Kier alpha value is -2.87. The van der Waals surface area contributed by atoms with Crippen LogP contribution in [0, 0.1) is 0 Å². The van der Waals surface area contributed by atoms with Crippen molar-refractivity contribution in [3.8, 4) is 0 Å². The van der Waals surface area contributed by atoms with Gasteiger partial charge in [0.05, 0.1) is 6.04 Å². The molecule has 0 bridgehead atoms. The minimum absolute atomic E-state index is 0.0310. The van der Waals surface area contributed by atoms with Crippen LogP contribution in [0.25, 0.3) is 0 Å². The van der Waals surface area contributed by atoms with Gasteiger partial charge in [-0.25, -0.2) is 0 Å². The van der Waals surface area contributed by atoms with Crippen molar-refractivity contribution < 1.29 is 4.79 Å². The quantitative estimate of drug-likeness (QED) is 0.670. The Bertz CT molecular complexity index is 814. The highest BCUT2D eigenvalue weighted by Gasteiger charge is 2.42. The molecule has 1 aliphatic rings. The number of para-hydroxylation sites is 1. The molecule has 0 saturated carbocycles. The molecule has 1 amide bonds. The number of benzene rings is 3. The summed E-state index contributed by atoms with van der Waals surface area (Å²) in [6.07, 6.45) is 0.540. The molecular weight excluding hydrogens is 294 g/mol. The number of amides is 1. The predicted molar refractivity (Wildman–Crippen MR) is 96.9 cm³/mol. The summed E-state index contributed by atoms with van der Waals surface area (Å²) in [7, 11) is 0. The van der Waals surface area contributed by atoms with Crippen molar-refractivity contribution in [1.82, 2.24) is 0 Å². The molecule has 0 spiro atoms. The molecule has 0 aliphatic carbocycles. The Balaban J connectivity index is 1.83. The highest BCUT2D eigenvalue weighted by Crippen LogP contribution is 2.46. The third-order valence-corrected chi connectivity index (χ3v) is 4.73. The van der Waals surface area contributed by atoms with Gasteiger partial charge in [0.15, 0.2) is 0 Å². The number of nitrogens with zero attached hydrogens (tertiary/aromatic N) is 1. The van der Waals surface area contributed by atoms with E-state index in [-0.39, 0.29) is 17.9 Å². The average molecular weight is 313 g/mol. The maximum absolute atomic E-state index is 12.9. The SMILES string of the molecule is O=C1CC(c2ccccc2)C(c2ccccc2)N1c1ccccc1. The second kappa shape index (κ2) is 6.32. The van der Waals surface area contributed by atoms with Crippen molar-refractivity contribution in [2.75, 3.05) is 4.90 Å². The van der Waals surface area contributed by atoms with E-state index in [9.17, 15) is 4.79 Å². The molecule has 4 rings (SSSR count). The zero-order valence-corrected chi connectivity index (χ0v) is 13.4. The van der Waals surface area contributed by atoms with Crippen LogP contribution in [0.1, 0.15) is 29.5 Å². The summed E-state index contributed by atoms with van der Waals surface area (Å²) >= 11 is 0. The fraction of sp³-hybridized carbons (Fsp3) is 0.136. The van der Waals surface area contributed by atoms with Gasteiger partial charge in [0, 0.05) is 18.0 Å². The van der Waals surface area contributed by atoms with Crippen LogP contribution in [0.2, 0.25) is 0 Å². The van der Waals surface area contributed by atoms with Crippen molar-refractivity contribution in [3.63, 3.8) is 0 Å². The van der Waals surface area contributed by atoms with Gasteiger partial charge in [0.25, 0.3) is 0 Å². The third kappa shape index (κ3) is 2.61. The lowest BCUT2D eigenvalue weighted by Crippen LogP contribution is -2.28. The van der Waals surface area contributed by atoms with Gasteiger partial charge in [0.2, 0.25) is 5.91 Å². The van der Waals surface area contributed by atoms with E-state index in [1.54, 1.807) is 0 Å². The summed E-state index contributed by atoms with van der Waals surface area (Å²) in [6, 6.07) is 30.7. The molecule has 2 nitrogen and oxygen atoms in total. The van der Waals surface area contributed by atoms with Crippen molar-refractivity contribution in [3.05, 3.63) is 102 Å². The van der Waals surface area contributed by atoms with E-state index in [1.165, 1.54) is 11.1 Å². The van der Waals surface area contributed by atoms with Crippen LogP contribution in [0.4, 0.5) is 5.69 Å². The number of carbonyl (C=O) groups is 1. The van der Waals surface area contributed by atoms with Crippen LogP contribution >= 0.6 is 0 Å². The molecule has 2 unspecified atom stereocenters. The zero-order chi connectivity index (χ0) is 16.4. The third-order valence-electron chi connectivity index (χ3n) is 4.73. The molecule has 24 heavy (non-hydrogen) atoms. The minimum atomic E-state index is 0.0310. The molecule has 1 heterocycles.